The van der Waals surface area contributed by atoms with Gasteiger partial charge in [-0.2, -0.15) is 0 Å². The Morgan fingerprint density at radius 1 is 0.821 bits per heavy atom. The van der Waals surface area contributed by atoms with Crippen LogP contribution in [0.15, 0.2) is 59.1 Å². The molecular weight excluding hydrogens is 420 g/mol. The number of hydroxylamine groups is 2. The summed E-state index contributed by atoms with van der Waals surface area (Å²) in [6.45, 7) is 0. The number of nitrogens with zero attached hydrogens (tertiary/aromatic N) is 1. The summed E-state index contributed by atoms with van der Waals surface area (Å²) in [4.78, 5) is 29.1. The molecule has 6 rings (SSSR count). The van der Waals surface area contributed by atoms with Gasteiger partial charge in [0.2, 0.25) is 0 Å². The Balaban J connectivity index is 2.00. The number of imide groups is 1. The van der Waals surface area contributed by atoms with Crippen molar-refractivity contribution in [3.8, 4) is 0 Å². The maximum absolute atomic E-state index is 12.9. The molecule has 0 spiro atoms. The van der Waals surface area contributed by atoms with Crippen molar-refractivity contribution >= 4 is 71.1 Å². The third kappa shape index (κ3) is 1.79. The van der Waals surface area contributed by atoms with Crippen molar-refractivity contribution in [1.29, 1.82) is 0 Å². The molecule has 1 aliphatic heterocycles. The number of fused-ring (bicyclic) bond motifs is 10. The number of aromatic amines is 1. The third-order valence-corrected chi connectivity index (χ3v) is 6.01. The number of aromatic nitrogens is 1. The standard InChI is InChI=1S/C22H11BrN2O3/c23-11-6-8-15-14(9-11)17-19-18(21(26)25(28)22(19)27)16-12-4-2-1-3-10(12)5-7-13(16)20(17)24-15/h1-9,24,28H. The molecule has 0 unspecified atom stereocenters. The quantitative estimate of drug-likeness (QED) is 0.197. The number of carbonyl (C=O) groups excluding carboxylic acids is 2. The topological polar surface area (TPSA) is 73.4 Å². The molecule has 5 aromatic rings. The molecule has 0 aliphatic carbocycles. The zero-order valence-electron chi connectivity index (χ0n) is 14.3. The summed E-state index contributed by atoms with van der Waals surface area (Å²) in [6.07, 6.45) is 0. The molecule has 0 bridgehead atoms. The van der Waals surface area contributed by atoms with Crippen LogP contribution in [-0.4, -0.2) is 27.1 Å². The monoisotopic (exact) mass is 430 g/mol. The summed E-state index contributed by atoms with van der Waals surface area (Å²) < 4.78 is 0.867. The van der Waals surface area contributed by atoms with E-state index in [-0.39, 0.29) is 16.2 Å². The molecule has 2 heterocycles. The van der Waals surface area contributed by atoms with E-state index in [1.807, 2.05) is 54.6 Å². The predicted octanol–water partition coefficient (Wildman–Crippen LogP) is 5.38. The van der Waals surface area contributed by atoms with Crippen molar-refractivity contribution in [2.75, 3.05) is 0 Å². The van der Waals surface area contributed by atoms with E-state index in [2.05, 4.69) is 20.9 Å². The first kappa shape index (κ1) is 15.8. The van der Waals surface area contributed by atoms with E-state index in [1.54, 1.807) is 0 Å². The molecule has 0 radical (unpaired) electrons. The maximum atomic E-state index is 12.9. The van der Waals surface area contributed by atoms with Gasteiger partial charge in [-0.05, 0) is 29.0 Å². The highest BCUT2D eigenvalue weighted by molar-refractivity contribution is 9.10. The van der Waals surface area contributed by atoms with E-state index in [4.69, 9.17) is 0 Å². The molecule has 4 aromatic carbocycles. The van der Waals surface area contributed by atoms with E-state index < -0.39 is 11.8 Å². The first-order valence-electron chi connectivity index (χ1n) is 8.72. The summed E-state index contributed by atoms with van der Waals surface area (Å²) in [6, 6.07) is 17.5. The first-order chi connectivity index (χ1) is 13.6. The van der Waals surface area contributed by atoms with Crippen LogP contribution in [0.4, 0.5) is 0 Å². The lowest BCUT2D eigenvalue weighted by molar-refractivity contribution is -0.0325. The summed E-state index contributed by atoms with van der Waals surface area (Å²) in [7, 11) is 0. The predicted molar refractivity (Wildman–Crippen MR) is 111 cm³/mol. The number of benzene rings is 4. The van der Waals surface area contributed by atoms with Gasteiger partial charge in [0.15, 0.2) is 0 Å². The van der Waals surface area contributed by atoms with Crippen molar-refractivity contribution in [1.82, 2.24) is 10.0 Å². The number of halogens is 1. The zero-order valence-corrected chi connectivity index (χ0v) is 15.9. The van der Waals surface area contributed by atoms with Crippen LogP contribution in [0.3, 0.4) is 0 Å². The third-order valence-electron chi connectivity index (χ3n) is 5.52. The number of rotatable bonds is 0. The lowest BCUT2D eigenvalue weighted by Crippen LogP contribution is -2.25. The Morgan fingerprint density at radius 2 is 1.57 bits per heavy atom. The van der Waals surface area contributed by atoms with Crippen LogP contribution in [0.1, 0.15) is 20.7 Å². The molecule has 6 heteroatoms. The van der Waals surface area contributed by atoms with E-state index in [0.717, 1.165) is 37.1 Å². The van der Waals surface area contributed by atoms with Crippen molar-refractivity contribution in [2.45, 2.75) is 0 Å². The Bertz CT molecular complexity index is 1530. The van der Waals surface area contributed by atoms with Crippen molar-refractivity contribution in [2.24, 2.45) is 0 Å². The van der Waals surface area contributed by atoms with Crippen LogP contribution in [-0.2, 0) is 0 Å². The van der Waals surface area contributed by atoms with Crippen LogP contribution in [0.2, 0.25) is 0 Å². The minimum absolute atomic E-state index is 0.224. The molecule has 2 amide bonds. The lowest BCUT2D eigenvalue weighted by atomic mass is 9.91. The summed E-state index contributed by atoms with van der Waals surface area (Å²) in [5.41, 5.74) is 2.14. The van der Waals surface area contributed by atoms with Gasteiger partial charge in [0.05, 0.1) is 16.6 Å². The summed E-state index contributed by atoms with van der Waals surface area (Å²) in [5, 5.41) is 15.2. The minimum Gasteiger partial charge on any atom is -0.354 e. The highest BCUT2D eigenvalue weighted by atomic mass is 79.9. The molecule has 2 N–H and O–H groups in total. The molecular formula is C22H11BrN2O3. The Kier molecular flexibility index (Phi) is 2.93. The van der Waals surface area contributed by atoms with Crippen molar-refractivity contribution < 1.29 is 14.8 Å². The van der Waals surface area contributed by atoms with Crippen LogP contribution >= 0.6 is 15.9 Å². The number of H-pyrrole nitrogens is 1. The van der Waals surface area contributed by atoms with E-state index in [1.165, 1.54) is 0 Å². The zero-order chi connectivity index (χ0) is 19.2. The average Bonchev–Trinajstić information content (AvgIpc) is 3.18. The number of hydrogen-bond acceptors (Lipinski definition) is 3. The molecule has 28 heavy (non-hydrogen) atoms. The molecule has 0 saturated carbocycles. The molecule has 1 aromatic heterocycles. The SMILES string of the molecule is O=C1c2c(c3c4cc(Br)ccc4[nH]c3c3ccc4ccccc4c23)C(=O)N1O. The van der Waals surface area contributed by atoms with Gasteiger partial charge in [0.1, 0.15) is 0 Å². The van der Waals surface area contributed by atoms with E-state index in [0.29, 0.717) is 10.8 Å². The van der Waals surface area contributed by atoms with Crippen molar-refractivity contribution in [3.05, 3.63) is 70.2 Å². The molecule has 1 aliphatic rings. The van der Waals surface area contributed by atoms with Gasteiger partial charge in [-0.25, -0.2) is 0 Å². The lowest BCUT2D eigenvalue weighted by Gasteiger charge is -2.09. The Labute approximate surface area is 166 Å². The van der Waals surface area contributed by atoms with Gasteiger partial charge in [-0.15, -0.1) is 5.06 Å². The number of nitrogens with one attached hydrogen (secondary N) is 1. The summed E-state index contributed by atoms with van der Waals surface area (Å²) in [5.74, 6) is -1.38. The molecule has 5 nitrogen and oxygen atoms in total. The largest absolute Gasteiger partial charge is 0.354 e. The van der Waals surface area contributed by atoms with Gasteiger partial charge in [-0.3, -0.25) is 14.8 Å². The van der Waals surface area contributed by atoms with Crippen LogP contribution in [0.25, 0.3) is 43.4 Å². The molecule has 0 fully saturated rings. The number of hydrogen-bond donors (Lipinski definition) is 2. The molecule has 134 valence electrons. The highest BCUT2D eigenvalue weighted by Crippen LogP contribution is 2.43. The van der Waals surface area contributed by atoms with E-state index in [9.17, 15) is 14.8 Å². The van der Waals surface area contributed by atoms with Gasteiger partial charge >= 0.3 is 0 Å². The number of amides is 2. The minimum atomic E-state index is -0.694. The molecule has 0 atom stereocenters. The van der Waals surface area contributed by atoms with Gasteiger partial charge < -0.3 is 4.98 Å². The Morgan fingerprint density at radius 3 is 2.39 bits per heavy atom. The van der Waals surface area contributed by atoms with Crippen LogP contribution < -0.4 is 0 Å². The van der Waals surface area contributed by atoms with E-state index >= 15 is 0 Å². The normalized spacial score (nSPS) is 14.1. The second-order valence-electron chi connectivity index (χ2n) is 6.95. The fraction of sp³-hybridized carbons (Fsp3) is 0. The Hall–Kier alpha value is -3.22. The fourth-order valence-corrected chi connectivity index (χ4v) is 4.72. The number of carbonyl (C=O) groups is 2. The van der Waals surface area contributed by atoms with Crippen molar-refractivity contribution in [3.63, 3.8) is 0 Å². The smallest absolute Gasteiger partial charge is 0.286 e. The second kappa shape index (κ2) is 5.19. The first-order valence-corrected chi connectivity index (χ1v) is 9.51. The second-order valence-corrected chi connectivity index (χ2v) is 7.86. The van der Waals surface area contributed by atoms with Crippen LogP contribution in [0.5, 0.6) is 0 Å². The molecule has 0 saturated heterocycles. The van der Waals surface area contributed by atoms with Gasteiger partial charge in [0, 0.05) is 31.5 Å². The summed E-state index contributed by atoms with van der Waals surface area (Å²) >= 11 is 3.48. The average molecular weight is 431 g/mol. The maximum Gasteiger partial charge on any atom is 0.286 e. The van der Waals surface area contributed by atoms with Gasteiger partial charge in [-0.1, -0.05) is 52.3 Å². The van der Waals surface area contributed by atoms with Gasteiger partial charge in [0.25, 0.3) is 11.8 Å². The highest BCUT2D eigenvalue weighted by Gasteiger charge is 2.40. The fourth-order valence-electron chi connectivity index (χ4n) is 4.36. The van der Waals surface area contributed by atoms with Crippen LogP contribution in [0, 0.1) is 0 Å².